The molecule has 0 unspecified atom stereocenters. The fourth-order valence-corrected chi connectivity index (χ4v) is 5.67. The number of aromatic nitrogens is 3. The minimum atomic E-state index is 0.0368. The van der Waals surface area contributed by atoms with Crippen LogP contribution in [0, 0.1) is 12.8 Å². The molecule has 0 radical (unpaired) electrons. The summed E-state index contributed by atoms with van der Waals surface area (Å²) in [5.41, 5.74) is 13.9. The molecule has 210 valence electrons. The Balaban J connectivity index is 1.16. The zero-order chi connectivity index (χ0) is 28.3. The first kappa shape index (κ1) is 26.8. The van der Waals surface area contributed by atoms with Crippen molar-refractivity contribution in [2.75, 3.05) is 39.7 Å². The van der Waals surface area contributed by atoms with Crippen LogP contribution >= 0.6 is 11.6 Å². The lowest BCUT2D eigenvalue weighted by molar-refractivity contribution is -0.117. The van der Waals surface area contributed by atoms with Crippen molar-refractivity contribution < 1.29 is 4.79 Å². The molecule has 2 aliphatic rings. The molecular formula is C31H33ClN8O. The molecule has 0 aliphatic carbocycles. The Morgan fingerprint density at radius 1 is 1.07 bits per heavy atom. The van der Waals surface area contributed by atoms with E-state index in [1.54, 1.807) is 12.4 Å². The van der Waals surface area contributed by atoms with Gasteiger partial charge in [-0.3, -0.25) is 9.78 Å². The second-order valence-corrected chi connectivity index (χ2v) is 11.2. The van der Waals surface area contributed by atoms with Crippen LogP contribution in [0.3, 0.4) is 0 Å². The summed E-state index contributed by atoms with van der Waals surface area (Å²) in [5, 5.41) is 10.1. The normalized spacial score (nSPS) is 15.0. The zero-order valence-corrected chi connectivity index (χ0v) is 23.7. The fraction of sp³-hybridized carbons (Fsp3) is 0.290. The number of hydrogen-bond acceptors (Lipinski definition) is 8. The van der Waals surface area contributed by atoms with E-state index in [1.807, 2.05) is 43.5 Å². The quantitative estimate of drug-likeness (QED) is 0.213. The molecular weight excluding hydrogens is 536 g/mol. The number of carbonyl (C=O) groups is 1. The van der Waals surface area contributed by atoms with Crippen LogP contribution in [0.5, 0.6) is 0 Å². The van der Waals surface area contributed by atoms with Crippen LogP contribution in [-0.2, 0) is 17.6 Å². The topological polar surface area (TPSA) is 121 Å². The van der Waals surface area contributed by atoms with Gasteiger partial charge in [0, 0.05) is 37.1 Å². The number of piperidine rings is 1. The van der Waals surface area contributed by atoms with Gasteiger partial charge in [0.05, 0.1) is 29.5 Å². The molecule has 1 fully saturated rings. The molecule has 1 amide bonds. The van der Waals surface area contributed by atoms with Gasteiger partial charge in [0.2, 0.25) is 11.9 Å². The molecule has 6 rings (SSSR count). The Morgan fingerprint density at radius 3 is 2.78 bits per heavy atom. The van der Waals surface area contributed by atoms with Crippen molar-refractivity contribution in [3.05, 3.63) is 82.8 Å². The number of nitrogen functional groups attached to an aromatic ring is 1. The number of para-hydroxylation sites is 1. The number of amides is 1. The summed E-state index contributed by atoms with van der Waals surface area (Å²) in [6.45, 7) is 3.83. The van der Waals surface area contributed by atoms with E-state index in [1.165, 1.54) is 0 Å². The Labute approximate surface area is 244 Å². The van der Waals surface area contributed by atoms with Crippen molar-refractivity contribution in [1.29, 1.82) is 0 Å². The van der Waals surface area contributed by atoms with Crippen molar-refractivity contribution in [3.63, 3.8) is 0 Å². The highest BCUT2D eigenvalue weighted by atomic mass is 35.5. The third kappa shape index (κ3) is 6.20. The number of nitrogens with two attached hydrogens (primary N) is 1. The van der Waals surface area contributed by atoms with Crippen LogP contribution in [0.15, 0.2) is 61.1 Å². The van der Waals surface area contributed by atoms with E-state index >= 15 is 0 Å². The minimum absolute atomic E-state index is 0.0368. The van der Waals surface area contributed by atoms with E-state index < -0.39 is 0 Å². The van der Waals surface area contributed by atoms with E-state index in [2.05, 4.69) is 47.9 Å². The number of hydrogen-bond donors (Lipinski definition) is 4. The van der Waals surface area contributed by atoms with E-state index in [0.29, 0.717) is 29.1 Å². The van der Waals surface area contributed by atoms with Crippen LogP contribution in [0.2, 0.25) is 5.02 Å². The molecule has 4 aromatic rings. The van der Waals surface area contributed by atoms with Gasteiger partial charge in [-0.05, 0) is 85.5 Å². The average molecular weight is 569 g/mol. The van der Waals surface area contributed by atoms with Crippen molar-refractivity contribution in [1.82, 2.24) is 15.0 Å². The summed E-state index contributed by atoms with van der Waals surface area (Å²) < 4.78 is 0. The smallest absolute Gasteiger partial charge is 0.229 e. The maximum Gasteiger partial charge on any atom is 0.229 e. The first-order valence-corrected chi connectivity index (χ1v) is 14.3. The highest BCUT2D eigenvalue weighted by Gasteiger charge is 2.23. The largest absolute Gasteiger partial charge is 0.397 e. The molecule has 0 spiro atoms. The van der Waals surface area contributed by atoms with Crippen LogP contribution in [0.4, 0.5) is 40.2 Å². The summed E-state index contributed by atoms with van der Waals surface area (Å²) in [6, 6.07) is 14.1. The van der Waals surface area contributed by atoms with Crippen LogP contribution in [0.25, 0.3) is 0 Å². The van der Waals surface area contributed by atoms with Crippen molar-refractivity contribution in [2.24, 2.45) is 5.92 Å². The maximum atomic E-state index is 13.2. The predicted octanol–water partition coefficient (Wildman–Crippen LogP) is 6.25. The van der Waals surface area contributed by atoms with Gasteiger partial charge >= 0.3 is 0 Å². The van der Waals surface area contributed by atoms with Crippen molar-refractivity contribution in [3.8, 4) is 0 Å². The summed E-state index contributed by atoms with van der Waals surface area (Å²) >= 11 is 6.39. The molecule has 4 heterocycles. The molecule has 1 saturated heterocycles. The van der Waals surface area contributed by atoms with Crippen LogP contribution in [0.1, 0.15) is 36.0 Å². The predicted molar refractivity (Wildman–Crippen MR) is 165 cm³/mol. The van der Waals surface area contributed by atoms with Gasteiger partial charge in [0.1, 0.15) is 5.02 Å². The second kappa shape index (κ2) is 11.6. The van der Waals surface area contributed by atoms with Gasteiger partial charge in [-0.1, -0.05) is 23.7 Å². The molecule has 2 aromatic heterocycles. The summed E-state index contributed by atoms with van der Waals surface area (Å²) in [6.07, 6.45) is 9.04. The number of anilines is 7. The monoisotopic (exact) mass is 568 g/mol. The molecule has 0 saturated carbocycles. The Morgan fingerprint density at radius 2 is 1.93 bits per heavy atom. The number of halogens is 1. The Bertz CT molecular complexity index is 1580. The zero-order valence-electron chi connectivity index (χ0n) is 23.0. The van der Waals surface area contributed by atoms with Gasteiger partial charge < -0.3 is 26.6 Å². The van der Waals surface area contributed by atoms with Crippen molar-refractivity contribution >= 4 is 57.7 Å². The van der Waals surface area contributed by atoms with Gasteiger partial charge in [0.25, 0.3) is 0 Å². The maximum absolute atomic E-state index is 13.2. The third-order valence-electron chi connectivity index (χ3n) is 7.85. The fourth-order valence-electron chi connectivity index (χ4n) is 5.54. The number of nitrogens with zero attached hydrogens (tertiary/aromatic N) is 4. The number of carbonyl (C=O) groups excluding carboxylic acids is 1. The molecule has 9 nitrogen and oxygen atoms in total. The van der Waals surface area contributed by atoms with Gasteiger partial charge in [-0.15, -0.1) is 0 Å². The van der Waals surface area contributed by atoms with E-state index in [0.717, 1.165) is 83.9 Å². The summed E-state index contributed by atoms with van der Waals surface area (Å²) in [4.78, 5) is 28.8. The van der Waals surface area contributed by atoms with Gasteiger partial charge in [-0.25, -0.2) is 4.98 Å². The number of aryl methyl sites for hydroxylation is 3. The first-order valence-electron chi connectivity index (χ1n) is 13.9. The SMILES string of the molecule is Cc1cccc(N2CCC(CC(=O)Nc3ccc4cc3CCc3cncc(c3)Nc3ncc(Cl)c(n3)N4)CC2)c1N. The average Bonchev–Trinajstić information content (AvgIpc) is 2.97. The first-order chi connectivity index (χ1) is 19.9. The number of pyridine rings is 1. The van der Waals surface area contributed by atoms with Gasteiger partial charge in [-0.2, -0.15) is 4.98 Å². The van der Waals surface area contributed by atoms with Crippen molar-refractivity contribution in [2.45, 2.75) is 39.0 Å². The number of fused-ring (bicyclic) bond motifs is 6. The standard InChI is InChI=1S/C31H33ClN8O/c1-19-3-2-4-27(29(19)33)40-11-9-20(10-12-40)14-28(41)38-26-8-7-23-15-22(26)6-5-21-13-24(17-34-16-21)37-31-35-18-25(32)30(36-23)39-31/h2-4,7-8,13,15-18,20H,5-6,9-12,14,33H2,1H3,(H,38,41)(H2,35,36,37,39). The molecule has 10 heteroatoms. The minimum Gasteiger partial charge on any atom is -0.397 e. The molecule has 2 aromatic carbocycles. The van der Waals surface area contributed by atoms with Gasteiger partial charge in [0.15, 0.2) is 5.82 Å². The Hall–Kier alpha value is -4.37. The lowest BCUT2D eigenvalue weighted by Gasteiger charge is -2.34. The molecule has 6 bridgehead atoms. The van der Waals surface area contributed by atoms with Crippen LogP contribution < -0.4 is 26.6 Å². The van der Waals surface area contributed by atoms with E-state index in [-0.39, 0.29) is 5.91 Å². The molecule has 5 N–H and O–H groups in total. The summed E-state index contributed by atoms with van der Waals surface area (Å²) in [7, 11) is 0. The number of rotatable bonds is 4. The van der Waals surface area contributed by atoms with E-state index in [4.69, 9.17) is 17.3 Å². The highest BCUT2D eigenvalue weighted by molar-refractivity contribution is 6.32. The second-order valence-electron chi connectivity index (χ2n) is 10.8. The van der Waals surface area contributed by atoms with E-state index in [9.17, 15) is 4.79 Å². The third-order valence-corrected chi connectivity index (χ3v) is 8.13. The Kier molecular flexibility index (Phi) is 7.61. The number of benzene rings is 2. The lowest BCUT2D eigenvalue weighted by atomic mass is 9.92. The summed E-state index contributed by atoms with van der Waals surface area (Å²) in [5.74, 6) is 1.29. The number of nitrogens with one attached hydrogen (secondary N) is 3. The van der Waals surface area contributed by atoms with Crippen LogP contribution in [-0.4, -0.2) is 33.9 Å². The molecule has 2 aliphatic heterocycles. The molecule has 41 heavy (non-hydrogen) atoms. The lowest BCUT2D eigenvalue weighted by Crippen LogP contribution is -2.35. The molecule has 0 atom stereocenters. The highest BCUT2D eigenvalue weighted by Crippen LogP contribution is 2.32.